The predicted molar refractivity (Wildman–Crippen MR) is 94.8 cm³/mol. The van der Waals surface area contributed by atoms with Crippen molar-refractivity contribution in [3.63, 3.8) is 0 Å². The lowest BCUT2D eigenvalue weighted by atomic mass is 10.00. The topological polar surface area (TPSA) is 41.1 Å². The minimum absolute atomic E-state index is 0.149. The van der Waals surface area contributed by atoms with E-state index in [1.165, 1.54) is 11.3 Å². The molecule has 0 bridgehead atoms. The summed E-state index contributed by atoms with van der Waals surface area (Å²) in [4.78, 5) is 12.9. The van der Waals surface area contributed by atoms with Gasteiger partial charge in [0.25, 0.3) is 5.91 Å². The molecule has 7 heteroatoms. The lowest BCUT2D eigenvalue weighted by molar-refractivity contribution is 0.0949. The van der Waals surface area contributed by atoms with Crippen molar-refractivity contribution in [1.82, 2.24) is 10.6 Å². The molecule has 118 valence electrons. The Balaban J connectivity index is 1.79. The van der Waals surface area contributed by atoms with Gasteiger partial charge in [0.05, 0.1) is 10.0 Å². The van der Waals surface area contributed by atoms with Gasteiger partial charge < -0.3 is 10.6 Å². The van der Waals surface area contributed by atoms with Gasteiger partial charge in [-0.2, -0.15) is 0 Å². The molecule has 2 heterocycles. The number of rotatable bonds is 3. The molecule has 0 aliphatic carbocycles. The molecular weight excluding hydrogens is 363 g/mol. The summed E-state index contributed by atoms with van der Waals surface area (Å²) < 4.78 is 0.826. The summed E-state index contributed by atoms with van der Waals surface area (Å²) in [6.07, 6.45) is 2.28. The molecule has 2 N–H and O–H groups in total. The average Bonchev–Trinajstić information content (AvgIpc) is 2.83. The maximum Gasteiger partial charge on any atom is 0.262 e. The monoisotopic (exact) mass is 376 g/mol. The number of nitrogens with one attached hydrogen (secondary N) is 2. The van der Waals surface area contributed by atoms with Crippen LogP contribution in [0.1, 0.15) is 22.5 Å². The third-order valence-electron chi connectivity index (χ3n) is 3.81. The summed E-state index contributed by atoms with van der Waals surface area (Å²) in [5, 5.41) is 8.42. The van der Waals surface area contributed by atoms with Gasteiger partial charge in [0.15, 0.2) is 0 Å². The average molecular weight is 378 g/mol. The van der Waals surface area contributed by atoms with Crippen molar-refractivity contribution in [2.75, 3.05) is 19.6 Å². The first kappa shape index (κ1) is 16.3. The molecule has 3 nitrogen and oxygen atoms in total. The Morgan fingerprint density at radius 1 is 1.36 bits per heavy atom. The highest BCUT2D eigenvalue weighted by Crippen LogP contribution is 2.41. The fourth-order valence-electron chi connectivity index (χ4n) is 2.67. The molecule has 0 radical (unpaired) electrons. The molecule has 0 saturated carbocycles. The molecule has 1 unspecified atom stereocenters. The molecule has 1 aromatic carbocycles. The first-order chi connectivity index (χ1) is 10.6. The summed E-state index contributed by atoms with van der Waals surface area (Å²) in [7, 11) is 0. The number of halogens is 3. The lowest BCUT2D eigenvalue weighted by Gasteiger charge is -2.22. The zero-order chi connectivity index (χ0) is 15.7. The van der Waals surface area contributed by atoms with Crippen LogP contribution in [0.25, 0.3) is 10.1 Å². The van der Waals surface area contributed by atoms with Gasteiger partial charge in [-0.05, 0) is 44.0 Å². The molecule has 0 spiro atoms. The third-order valence-corrected chi connectivity index (χ3v) is 5.95. The van der Waals surface area contributed by atoms with Crippen molar-refractivity contribution in [3.05, 3.63) is 32.1 Å². The van der Waals surface area contributed by atoms with Gasteiger partial charge in [0.1, 0.15) is 4.88 Å². The van der Waals surface area contributed by atoms with Crippen LogP contribution in [-0.4, -0.2) is 25.5 Å². The van der Waals surface area contributed by atoms with E-state index in [0.717, 1.165) is 30.6 Å². The highest BCUT2D eigenvalue weighted by atomic mass is 35.5. The van der Waals surface area contributed by atoms with E-state index in [2.05, 4.69) is 10.6 Å². The van der Waals surface area contributed by atoms with Gasteiger partial charge in [0.2, 0.25) is 0 Å². The van der Waals surface area contributed by atoms with Crippen LogP contribution in [-0.2, 0) is 0 Å². The van der Waals surface area contributed by atoms with E-state index in [0.29, 0.717) is 37.8 Å². The summed E-state index contributed by atoms with van der Waals surface area (Å²) >= 11 is 19.8. The molecule has 1 aromatic heterocycles. The van der Waals surface area contributed by atoms with Gasteiger partial charge in [-0.1, -0.05) is 34.8 Å². The van der Waals surface area contributed by atoms with E-state index in [-0.39, 0.29) is 5.91 Å². The molecular formula is C15H15Cl3N2OS. The number of amides is 1. The minimum atomic E-state index is -0.149. The highest BCUT2D eigenvalue weighted by molar-refractivity contribution is 7.21. The van der Waals surface area contributed by atoms with Crippen LogP contribution in [0.5, 0.6) is 0 Å². The van der Waals surface area contributed by atoms with E-state index < -0.39 is 0 Å². The Labute approximate surface area is 147 Å². The van der Waals surface area contributed by atoms with Crippen LogP contribution in [0.2, 0.25) is 15.1 Å². The zero-order valence-electron chi connectivity index (χ0n) is 11.7. The zero-order valence-corrected chi connectivity index (χ0v) is 14.8. The predicted octanol–water partition coefficient (Wildman–Crippen LogP) is 4.59. The second-order valence-electron chi connectivity index (χ2n) is 5.43. The number of benzene rings is 1. The Morgan fingerprint density at radius 3 is 2.91 bits per heavy atom. The number of thiophene rings is 1. The van der Waals surface area contributed by atoms with Crippen molar-refractivity contribution in [1.29, 1.82) is 0 Å². The summed E-state index contributed by atoms with van der Waals surface area (Å²) in [6.45, 7) is 2.67. The normalized spacial score (nSPS) is 18.6. The van der Waals surface area contributed by atoms with Gasteiger partial charge in [-0.3, -0.25) is 4.79 Å². The summed E-state index contributed by atoms with van der Waals surface area (Å²) in [5.74, 6) is 0.327. The molecule has 22 heavy (non-hydrogen) atoms. The number of piperidine rings is 1. The standard InChI is InChI=1S/C15H15Cl3N2OS/c16-9-4-10(17)12-11(5-9)22-14(13(12)18)15(21)20-7-8-2-1-3-19-6-8/h4-5,8,19H,1-3,6-7H2,(H,20,21). The molecule has 1 aliphatic heterocycles. The van der Waals surface area contributed by atoms with E-state index in [1.54, 1.807) is 12.1 Å². The van der Waals surface area contributed by atoms with Crippen LogP contribution < -0.4 is 10.6 Å². The fourth-order valence-corrected chi connectivity index (χ4v) is 4.97. The summed E-state index contributed by atoms with van der Waals surface area (Å²) in [5.41, 5.74) is 0. The Bertz CT molecular complexity index is 710. The lowest BCUT2D eigenvalue weighted by Crippen LogP contribution is -2.37. The van der Waals surface area contributed by atoms with Crippen LogP contribution in [0.4, 0.5) is 0 Å². The first-order valence-corrected chi connectivity index (χ1v) is 9.07. The van der Waals surface area contributed by atoms with Gasteiger partial charge in [-0.25, -0.2) is 0 Å². The van der Waals surface area contributed by atoms with Crippen LogP contribution in [0, 0.1) is 5.92 Å². The number of carbonyl (C=O) groups is 1. The smallest absolute Gasteiger partial charge is 0.262 e. The second kappa shape index (κ2) is 6.93. The fraction of sp³-hybridized carbons (Fsp3) is 0.400. The first-order valence-electron chi connectivity index (χ1n) is 7.12. The Kier molecular flexibility index (Phi) is 5.15. The Morgan fingerprint density at radius 2 is 2.18 bits per heavy atom. The van der Waals surface area contributed by atoms with Gasteiger partial charge in [0, 0.05) is 21.7 Å². The number of hydrogen-bond acceptors (Lipinski definition) is 3. The maximum atomic E-state index is 12.4. The second-order valence-corrected chi connectivity index (χ2v) is 7.70. The van der Waals surface area contributed by atoms with Crippen molar-refractivity contribution >= 4 is 62.1 Å². The van der Waals surface area contributed by atoms with E-state index >= 15 is 0 Å². The molecule has 1 atom stereocenters. The number of fused-ring (bicyclic) bond motifs is 1. The molecule has 1 amide bonds. The van der Waals surface area contributed by atoms with Crippen molar-refractivity contribution < 1.29 is 4.79 Å². The van der Waals surface area contributed by atoms with Gasteiger partial charge >= 0.3 is 0 Å². The van der Waals surface area contributed by atoms with Gasteiger partial charge in [-0.15, -0.1) is 11.3 Å². The van der Waals surface area contributed by atoms with Crippen LogP contribution in [0.15, 0.2) is 12.1 Å². The maximum absolute atomic E-state index is 12.4. The van der Waals surface area contributed by atoms with Crippen molar-refractivity contribution in [2.45, 2.75) is 12.8 Å². The van der Waals surface area contributed by atoms with E-state index in [9.17, 15) is 4.79 Å². The third kappa shape index (κ3) is 3.36. The molecule has 1 saturated heterocycles. The Hall–Kier alpha value is -0.520. The highest BCUT2D eigenvalue weighted by Gasteiger charge is 2.21. The minimum Gasteiger partial charge on any atom is -0.351 e. The number of carbonyl (C=O) groups excluding carboxylic acids is 1. The quantitative estimate of drug-likeness (QED) is 0.821. The molecule has 1 aliphatic rings. The van der Waals surface area contributed by atoms with E-state index in [1.807, 2.05) is 0 Å². The number of hydrogen-bond donors (Lipinski definition) is 2. The van der Waals surface area contributed by atoms with Crippen LogP contribution in [0.3, 0.4) is 0 Å². The molecule has 1 fully saturated rings. The molecule has 3 rings (SSSR count). The van der Waals surface area contributed by atoms with Crippen molar-refractivity contribution in [2.24, 2.45) is 5.92 Å². The largest absolute Gasteiger partial charge is 0.351 e. The van der Waals surface area contributed by atoms with Crippen LogP contribution >= 0.6 is 46.1 Å². The van der Waals surface area contributed by atoms with Crippen molar-refractivity contribution in [3.8, 4) is 0 Å². The van der Waals surface area contributed by atoms with E-state index in [4.69, 9.17) is 34.8 Å². The SMILES string of the molecule is O=C(NCC1CCCNC1)c1sc2cc(Cl)cc(Cl)c2c1Cl. The molecule has 2 aromatic rings. The summed E-state index contributed by atoms with van der Waals surface area (Å²) in [6, 6.07) is 3.42.